The minimum absolute atomic E-state index is 0.00134. The first-order chi connectivity index (χ1) is 8.41. The number of ketones is 1. The summed E-state index contributed by atoms with van der Waals surface area (Å²) in [6.07, 6.45) is 0.273. The molecule has 18 heavy (non-hydrogen) atoms. The zero-order chi connectivity index (χ0) is 13.3. The van der Waals surface area contributed by atoms with E-state index in [0.717, 1.165) is 0 Å². The second-order valence-electron chi connectivity index (χ2n) is 4.31. The normalized spacial score (nSPS) is 21.7. The van der Waals surface area contributed by atoms with E-state index in [0.29, 0.717) is 0 Å². The summed E-state index contributed by atoms with van der Waals surface area (Å²) in [6, 6.07) is 5.88. The van der Waals surface area contributed by atoms with Crippen LogP contribution in [0.2, 0.25) is 0 Å². The molecule has 1 aromatic carbocycles. The van der Waals surface area contributed by atoms with Gasteiger partial charge in [0.1, 0.15) is 0 Å². The lowest BCUT2D eigenvalue weighted by Crippen LogP contribution is -2.19. The number of carbonyl (C=O) groups is 2. The zero-order valence-corrected chi connectivity index (χ0v) is 10.3. The molecule has 0 aliphatic carbocycles. The second kappa shape index (κ2) is 4.53. The summed E-state index contributed by atoms with van der Waals surface area (Å²) in [7, 11) is -3.15. The molecule has 0 aromatic heterocycles. The fourth-order valence-corrected chi connectivity index (χ4v) is 3.85. The molecule has 0 amide bonds. The van der Waals surface area contributed by atoms with Crippen molar-refractivity contribution in [2.24, 2.45) is 5.92 Å². The van der Waals surface area contributed by atoms with Gasteiger partial charge in [-0.05, 0) is 12.5 Å². The largest absolute Gasteiger partial charge is 0.478 e. The third-order valence-electron chi connectivity index (χ3n) is 3.03. The highest BCUT2D eigenvalue weighted by atomic mass is 32.2. The van der Waals surface area contributed by atoms with E-state index >= 15 is 0 Å². The Morgan fingerprint density at radius 3 is 2.28 bits per heavy atom. The van der Waals surface area contributed by atoms with Crippen LogP contribution in [-0.2, 0) is 9.84 Å². The molecule has 1 atom stereocenters. The van der Waals surface area contributed by atoms with Crippen LogP contribution in [-0.4, -0.2) is 36.8 Å². The van der Waals surface area contributed by atoms with Crippen molar-refractivity contribution in [3.05, 3.63) is 35.4 Å². The molecule has 0 radical (unpaired) electrons. The van der Waals surface area contributed by atoms with Crippen molar-refractivity contribution >= 4 is 21.6 Å². The minimum atomic E-state index is -3.15. The van der Waals surface area contributed by atoms with Crippen molar-refractivity contribution in [1.29, 1.82) is 0 Å². The molecule has 1 aliphatic heterocycles. The molecule has 0 saturated carbocycles. The standard InChI is InChI=1S/C12H12O5S/c13-11(8-5-6-18(16,17)7-8)9-3-1-2-4-10(9)12(14)15/h1-4,8H,5-7H2,(H,14,15). The number of hydrogen-bond donors (Lipinski definition) is 1. The molecular weight excluding hydrogens is 256 g/mol. The monoisotopic (exact) mass is 268 g/mol. The van der Waals surface area contributed by atoms with Crippen LogP contribution in [0.25, 0.3) is 0 Å². The lowest BCUT2D eigenvalue weighted by Gasteiger charge is -2.09. The molecular formula is C12H12O5S. The molecule has 1 saturated heterocycles. The maximum atomic E-state index is 12.1. The molecule has 5 nitrogen and oxygen atoms in total. The van der Waals surface area contributed by atoms with Gasteiger partial charge in [-0.25, -0.2) is 13.2 Å². The number of carboxylic acids is 1. The Kier molecular flexibility index (Phi) is 3.21. The van der Waals surface area contributed by atoms with Crippen LogP contribution in [0.1, 0.15) is 27.1 Å². The van der Waals surface area contributed by atoms with Crippen LogP contribution in [0.15, 0.2) is 24.3 Å². The number of sulfone groups is 1. The highest BCUT2D eigenvalue weighted by Gasteiger charge is 2.34. The van der Waals surface area contributed by atoms with Crippen LogP contribution in [0.4, 0.5) is 0 Å². The first-order valence-electron chi connectivity index (χ1n) is 5.48. The molecule has 96 valence electrons. The van der Waals surface area contributed by atoms with Crippen molar-refractivity contribution in [2.45, 2.75) is 6.42 Å². The van der Waals surface area contributed by atoms with E-state index < -0.39 is 27.5 Å². The lowest BCUT2D eigenvalue weighted by molar-refractivity contribution is 0.0690. The van der Waals surface area contributed by atoms with Gasteiger partial charge in [-0.15, -0.1) is 0 Å². The van der Waals surface area contributed by atoms with Gasteiger partial charge in [0.2, 0.25) is 0 Å². The van der Waals surface area contributed by atoms with E-state index in [9.17, 15) is 18.0 Å². The van der Waals surface area contributed by atoms with Gasteiger partial charge in [0.15, 0.2) is 15.6 Å². The first kappa shape index (κ1) is 12.8. The number of Topliss-reactive ketones (excluding diaryl/α,β-unsaturated/α-hetero) is 1. The first-order valence-corrected chi connectivity index (χ1v) is 7.30. The summed E-state index contributed by atoms with van der Waals surface area (Å²) in [4.78, 5) is 23.1. The number of carbonyl (C=O) groups excluding carboxylic acids is 1. The number of benzene rings is 1. The van der Waals surface area contributed by atoms with Gasteiger partial charge in [0, 0.05) is 11.5 Å². The third-order valence-corrected chi connectivity index (χ3v) is 4.79. The third kappa shape index (κ3) is 2.43. The molecule has 2 rings (SSSR count). The summed E-state index contributed by atoms with van der Waals surface area (Å²) < 4.78 is 22.7. The average Bonchev–Trinajstić information content (AvgIpc) is 2.68. The number of carboxylic acid groups (broad SMARTS) is 1. The van der Waals surface area contributed by atoms with Gasteiger partial charge >= 0.3 is 5.97 Å². The van der Waals surface area contributed by atoms with E-state index in [-0.39, 0.29) is 29.1 Å². The maximum absolute atomic E-state index is 12.1. The average molecular weight is 268 g/mol. The van der Waals surface area contributed by atoms with Crippen molar-refractivity contribution < 1.29 is 23.1 Å². The lowest BCUT2D eigenvalue weighted by atomic mass is 9.94. The van der Waals surface area contributed by atoms with Crippen LogP contribution in [0.3, 0.4) is 0 Å². The number of rotatable bonds is 3. The summed E-state index contributed by atoms with van der Waals surface area (Å²) in [6.45, 7) is 0. The van der Waals surface area contributed by atoms with E-state index in [1.807, 2.05) is 0 Å². The predicted molar refractivity (Wildman–Crippen MR) is 64.5 cm³/mol. The fourth-order valence-electron chi connectivity index (χ4n) is 2.11. The highest BCUT2D eigenvalue weighted by Crippen LogP contribution is 2.24. The van der Waals surface area contributed by atoms with Crippen LogP contribution >= 0.6 is 0 Å². The van der Waals surface area contributed by atoms with Crippen molar-refractivity contribution in [2.75, 3.05) is 11.5 Å². The zero-order valence-electron chi connectivity index (χ0n) is 9.50. The predicted octanol–water partition coefficient (Wildman–Crippen LogP) is 1.00. The summed E-state index contributed by atoms with van der Waals surface area (Å²) in [5, 5.41) is 8.99. The topological polar surface area (TPSA) is 88.5 Å². The van der Waals surface area contributed by atoms with Gasteiger partial charge in [-0.1, -0.05) is 18.2 Å². The molecule has 6 heteroatoms. The van der Waals surface area contributed by atoms with Gasteiger partial charge in [-0.3, -0.25) is 4.79 Å². The van der Waals surface area contributed by atoms with E-state index in [1.54, 1.807) is 6.07 Å². The second-order valence-corrected chi connectivity index (χ2v) is 6.54. The quantitative estimate of drug-likeness (QED) is 0.826. The van der Waals surface area contributed by atoms with Gasteiger partial charge in [0.05, 0.1) is 17.1 Å². The highest BCUT2D eigenvalue weighted by molar-refractivity contribution is 7.91. The maximum Gasteiger partial charge on any atom is 0.336 e. The molecule has 1 heterocycles. The van der Waals surface area contributed by atoms with E-state index in [2.05, 4.69) is 0 Å². The summed E-state index contributed by atoms with van der Waals surface area (Å²) in [5.41, 5.74) is 0.0129. The Labute approximate surface area is 104 Å². The smallest absolute Gasteiger partial charge is 0.336 e. The number of hydrogen-bond acceptors (Lipinski definition) is 4. The number of aromatic carboxylic acids is 1. The molecule has 1 unspecified atom stereocenters. The Morgan fingerprint density at radius 2 is 1.78 bits per heavy atom. The van der Waals surface area contributed by atoms with Crippen LogP contribution in [0, 0.1) is 5.92 Å². The molecule has 0 spiro atoms. The van der Waals surface area contributed by atoms with Gasteiger partial charge in [-0.2, -0.15) is 0 Å². The summed E-state index contributed by atoms with van der Waals surface area (Å²) in [5.74, 6) is -2.37. The Balaban J connectivity index is 2.33. The van der Waals surface area contributed by atoms with Crippen LogP contribution in [0.5, 0.6) is 0 Å². The summed E-state index contributed by atoms with van der Waals surface area (Å²) >= 11 is 0. The van der Waals surface area contributed by atoms with Crippen LogP contribution < -0.4 is 0 Å². The van der Waals surface area contributed by atoms with Crippen molar-refractivity contribution in [3.8, 4) is 0 Å². The van der Waals surface area contributed by atoms with E-state index in [4.69, 9.17) is 5.11 Å². The van der Waals surface area contributed by atoms with E-state index in [1.165, 1.54) is 18.2 Å². The van der Waals surface area contributed by atoms with Gasteiger partial charge in [0.25, 0.3) is 0 Å². The minimum Gasteiger partial charge on any atom is -0.478 e. The van der Waals surface area contributed by atoms with Crippen molar-refractivity contribution in [1.82, 2.24) is 0 Å². The molecule has 1 fully saturated rings. The van der Waals surface area contributed by atoms with Gasteiger partial charge < -0.3 is 5.11 Å². The Bertz CT molecular complexity index is 603. The SMILES string of the molecule is O=C(O)c1ccccc1C(=O)C1CCS(=O)(=O)C1. The Morgan fingerprint density at radius 1 is 1.17 bits per heavy atom. The molecule has 1 aromatic rings. The fraction of sp³-hybridized carbons (Fsp3) is 0.333. The Hall–Kier alpha value is -1.69. The molecule has 0 bridgehead atoms. The molecule has 1 N–H and O–H groups in total. The molecule has 1 aliphatic rings. The van der Waals surface area contributed by atoms with Crippen molar-refractivity contribution in [3.63, 3.8) is 0 Å².